The van der Waals surface area contributed by atoms with E-state index in [0.29, 0.717) is 11.4 Å². The standard InChI is InChI=1S/C21H27NO3S/c1-3-17-8-14-20(15-9-17)26(23,24)22-16-6-4-5-7-21(22)18-10-12-19(25-2)13-11-18/h8-15,21H,3-7,16H2,1-2H3. The van der Waals surface area contributed by atoms with E-state index in [4.69, 9.17) is 4.74 Å². The van der Waals surface area contributed by atoms with Gasteiger partial charge in [0, 0.05) is 6.54 Å². The second-order valence-corrected chi connectivity index (χ2v) is 8.64. The Morgan fingerprint density at radius 2 is 1.69 bits per heavy atom. The molecular weight excluding hydrogens is 346 g/mol. The van der Waals surface area contributed by atoms with Gasteiger partial charge in [0.25, 0.3) is 0 Å². The molecule has 1 aliphatic heterocycles. The van der Waals surface area contributed by atoms with Crippen LogP contribution >= 0.6 is 0 Å². The van der Waals surface area contributed by atoms with Gasteiger partial charge in [-0.1, -0.05) is 44.0 Å². The van der Waals surface area contributed by atoms with Crippen LogP contribution < -0.4 is 4.74 Å². The molecule has 0 spiro atoms. The number of nitrogens with zero attached hydrogens (tertiary/aromatic N) is 1. The fourth-order valence-electron chi connectivity index (χ4n) is 3.56. The molecule has 0 bridgehead atoms. The molecule has 140 valence electrons. The lowest BCUT2D eigenvalue weighted by Crippen LogP contribution is -2.34. The van der Waals surface area contributed by atoms with Gasteiger partial charge in [0.05, 0.1) is 18.0 Å². The highest BCUT2D eigenvalue weighted by molar-refractivity contribution is 7.89. The predicted octanol–water partition coefficient (Wildman–Crippen LogP) is 4.56. The summed E-state index contributed by atoms with van der Waals surface area (Å²) < 4.78 is 33.6. The minimum atomic E-state index is -3.52. The van der Waals surface area contributed by atoms with Crippen LogP contribution in [0.1, 0.15) is 49.8 Å². The quantitative estimate of drug-likeness (QED) is 0.772. The lowest BCUT2D eigenvalue weighted by Gasteiger charge is -2.29. The summed E-state index contributed by atoms with van der Waals surface area (Å²) in [6, 6.07) is 14.9. The summed E-state index contributed by atoms with van der Waals surface area (Å²) in [7, 11) is -1.88. The summed E-state index contributed by atoms with van der Waals surface area (Å²) in [4.78, 5) is 0.384. The van der Waals surface area contributed by atoms with Crippen LogP contribution in [-0.4, -0.2) is 26.4 Å². The molecule has 2 aromatic carbocycles. The molecule has 0 radical (unpaired) electrons. The average molecular weight is 374 g/mol. The molecule has 0 amide bonds. The van der Waals surface area contributed by atoms with E-state index in [1.54, 1.807) is 23.5 Å². The Kier molecular flexibility index (Phi) is 5.99. The van der Waals surface area contributed by atoms with Crippen molar-refractivity contribution in [2.24, 2.45) is 0 Å². The molecule has 0 aliphatic carbocycles. The first kappa shape index (κ1) is 18.9. The van der Waals surface area contributed by atoms with Crippen molar-refractivity contribution in [2.75, 3.05) is 13.7 Å². The van der Waals surface area contributed by atoms with Crippen LogP contribution in [0.4, 0.5) is 0 Å². The van der Waals surface area contributed by atoms with Crippen LogP contribution in [0.25, 0.3) is 0 Å². The van der Waals surface area contributed by atoms with Gasteiger partial charge >= 0.3 is 0 Å². The third kappa shape index (κ3) is 3.94. The Bertz CT molecular complexity index is 813. The average Bonchev–Trinajstić information content (AvgIpc) is 2.95. The molecule has 0 N–H and O–H groups in total. The fourth-order valence-corrected chi connectivity index (χ4v) is 5.24. The molecule has 0 saturated carbocycles. The minimum Gasteiger partial charge on any atom is -0.497 e. The molecule has 1 aliphatic rings. The van der Waals surface area contributed by atoms with Crippen molar-refractivity contribution in [1.29, 1.82) is 0 Å². The zero-order chi connectivity index (χ0) is 18.6. The SMILES string of the molecule is CCc1ccc(S(=O)(=O)N2CCCCCC2c2ccc(OC)cc2)cc1. The summed E-state index contributed by atoms with van der Waals surface area (Å²) >= 11 is 0. The van der Waals surface area contributed by atoms with E-state index in [0.717, 1.165) is 49.0 Å². The van der Waals surface area contributed by atoms with Crippen molar-refractivity contribution in [2.45, 2.75) is 50.0 Å². The Hall–Kier alpha value is -1.85. The molecule has 26 heavy (non-hydrogen) atoms. The number of benzene rings is 2. The molecule has 4 nitrogen and oxygen atoms in total. The summed E-state index contributed by atoms with van der Waals surface area (Å²) in [5.74, 6) is 0.784. The van der Waals surface area contributed by atoms with Gasteiger partial charge in [-0.15, -0.1) is 0 Å². The van der Waals surface area contributed by atoms with Crippen LogP contribution in [0.3, 0.4) is 0 Å². The Balaban J connectivity index is 1.96. The first-order valence-electron chi connectivity index (χ1n) is 9.31. The monoisotopic (exact) mass is 373 g/mol. The van der Waals surface area contributed by atoms with Gasteiger partial charge in [0.1, 0.15) is 5.75 Å². The van der Waals surface area contributed by atoms with Gasteiger partial charge < -0.3 is 4.74 Å². The summed E-state index contributed by atoms with van der Waals surface area (Å²) in [5.41, 5.74) is 2.17. The van der Waals surface area contributed by atoms with Crippen LogP contribution in [-0.2, 0) is 16.4 Å². The summed E-state index contributed by atoms with van der Waals surface area (Å²) in [5, 5.41) is 0. The lowest BCUT2D eigenvalue weighted by atomic mass is 10.0. The molecule has 1 unspecified atom stereocenters. The second kappa shape index (κ2) is 8.23. The van der Waals surface area contributed by atoms with E-state index in [1.807, 2.05) is 36.4 Å². The zero-order valence-electron chi connectivity index (χ0n) is 15.5. The maximum absolute atomic E-state index is 13.3. The first-order chi connectivity index (χ1) is 12.6. The molecule has 3 rings (SSSR count). The highest BCUT2D eigenvalue weighted by atomic mass is 32.2. The van der Waals surface area contributed by atoms with Crippen LogP contribution in [0.5, 0.6) is 5.75 Å². The van der Waals surface area contributed by atoms with Crippen molar-refractivity contribution < 1.29 is 13.2 Å². The molecular formula is C21H27NO3S. The van der Waals surface area contributed by atoms with Gasteiger partial charge in [0.15, 0.2) is 0 Å². The molecule has 1 fully saturated rings. The highest BCUT2D eigenvalue weighted by Crippen LogP contribution is 2.35. The minimum absolute atomic E-state index is 0.126. The van der Waals surface area contributed by atoms with E-state index in [1.165, 1.54) is 0 Å². The summed E-state index contributed by atoms with van der Waals surface area (Å²) in [6.07, 6.45) is 4.75. The van der Waals surface area contributed by atoms with Gasteiger partial charge in [-0.3, -0.25) is 0 Å². The highest BCUT2D eigenvalue weighted by Gasteiger charge is 2.33. The Morgan fingerprint density at radius 3 is 2.31 bits per heavy atom. The van der Waals surface area contributed by atoms with Gasteiger partial charge in [0.2, 0.25) is 10.0 Å². The molecule has 1 heterocycles. The maximum atomic E-state index is 13.3. The molecule has 0 aromatic heterocycles. The van der Waals surface area contributed by atoms with Gasteiger partial charge in [-0.05, 0) is 54.7 Å². The number of ether oxygens (including phenoxy) is 1. The predicted molar refractivity (Wildman–Crippen MR) is 104 cm³/mol. The molecule has 5 heteroatoms. The van der Waals surface area contributed by atoms with Crippen molar-refractivity contribution in [3.05, 3.63) is 59.7 Å². The smallest absolute Gasteiger partial charge is 0.243 e. The third-order valence-corrected chi connectivity index (χ3v) is 7.06. The van der Waals surface area contributed by atoms with E-state index in [9.17, 15) is 8.42 Å². The van der Waals surface area contributed by atoms with E-state index < -0.39 is 10.0 Å². The maximum Gasteiger partial charge on any atom is 0.243 e. The first-order valence-corrected chi connectivity index (χ1v) is 10.7. The van der Waals surface area contributed by atoms with Gasteiger partial charge in [-0.2, -0.15) is 4.31 Å². The molecule has 1 saturated heterocycles. The normalized spacial score (nSPS) is 19.1. The van der Waals surface area contributed by atoms with Crippen molar-refractivity contribution in [3.63, 3.8) is 0 Å². The third-order valence-electron chi connectivity index (χ3n) is 5.14. The van der Waals surface area contributed by atoms with Crippen LogP contribution in [0.15, 0.2) is 53.4 Å². The van der Waals surface area contributed by atoms with Crippen molar-refractivity contribution >= 4 is 10.0 Å². The zero-order valence-corrected chi connectivity index (χ0v) is 16.3. The Labute approximate surface area is 156 Å². The number of hydrogen-bond donors (Lipinski definition) is 0. The number of rotatable bonds is 5. The van der Waals surface area contributed by atoms with E-state index >= 15 is 0 Å². The molecule has 1 atom stereocenters. The van der Waals surface area contributed by atoms with Crippen molar-refractivity contribution in [3.8, 4) is 5.75 Å². The summed E-state index contributed by atoms with van der Waals surface area (Å²) in [6.45, 7) is 2.63. The number of aryl methyl sites for hydroxylation is 1. The second-order valence-electron chi connectivity index (χ2n) is 6.75. The number of sulfonamides is 1. The van der Waals surface area contributed by atoms with Gasteiger partial charge in [-0.25, -0.2) is 8.42 Å². The van der Waals surface area contributed by atoms with Crippen LogP contribution in [0, 0.1) is 0 Å². The lowest BCUT2D eigenvalue weighted by molar-refractivity contribution is 0.328. The van der Waals surface area contributed by atoms with E-state index in [-0.39, 0.29) is 6.04 Å². The largest absolute Gasteiger partial charge is 0.497 e. The van der Waals surface area contributed by atoms with E-state index in [2.05, 4.69) is 6.92 Å². The number of hydrogen-bond acceptors (Lipinski definition) is 3. The van der Waals surface area contributed by atoms with Crippen LogP contribution in [0.2, 0.25) is 0 Å². The topological polar surface area (TPSA) is 46.6 Å². The number of methoxy groups -OCH3 is 1. The molecule has 2 aromatic rings. The Morgan fingerprint density at radius 1 is 1.00 bits per heavy atom. The van der Waals surface area contributed by atoms with Crippen molar-refractivity contribution in [1.82, 2.24) is 4.31 Å². The fraction of sp³-hybridized carbons (Fsp3) is 0.429.